The van der Waals surface area contributed by atoms with Gasteiger partial charge in [-0.25, -0.2) is 13.1 Å². The van der Waals surface area contributed by atoms with Crippen molar-refractivity contribution >= 4 is 10.0 Å². The molecule has 0 amide bonds. The molecule has 114 valence electrons. The van der Waals surface area contributed by atoms with Gasteiger partial charge in [-0.2, -0.15) is 0 Å². The van der Waals surface area contributed by atoms with Gasteiger partial charge in [0, 0.05) is 19.6 Å². The SMILES string of the molecule is O=S(=O)(NCCc1ccco1)c1ccc(CCCO)cc1. The molecule has 0 aliphatic carbocycles. The Hall–Kier alpha value is -1.63. The smallest absolute Gasteiger partial charge is 0.240 e. The van der Waals surface area contributed by atoms with Crippen molar-refractivity contribution in [3.8, 4) is 0 Å². The first-order valence-corrected chi connectivity index (χ1v) is 8.32. The summed E-state index contributed by atoms with van der Waals surface area (Å²) in [6, 6.07) is 10.3. The molecule has 0 saturated carbocycles. The third-order valence-electron chi connectivity index (χ3n) is 3.10. The van der Waals surface area contributed by atoms with E-state index in [1.165, 1.54) is 0 Å². The summed E-state index contributed by atoms with van der Waals surface area (Å²) < 4.78 is 31.9. The van der Waals surface area contributed by atoms with E-state index < -0.39 is 10.0 Å². The topological polar surface area (TPSA) is 79.5 Å². The summed E-state index contributed by atoms with van der Waals surface area (Å²) >= 11 is 0. The van der Waals surface area contributed by atoms with Gasteiger partial charge < -0.3 is 9.52 Å². The van der Waals surface area contributed by atoms with Crippen LogP contribution in [0.1, 0.15) is 17.7 Å². The molecular weight excluding hydrogens is 290 g/mol. The zero-order valence-electron chi connectivity index (χ0n) is 11.7. The van der Waals surface area contributed by atoms with Crippen LogP contribution in [0, 0.1) is 0 Å². The van der Waals surface area contributed by atoms with Crippen molar-refractivity contribution in [3.63, 3.8) is 0 Å². The van der Waals surface area contributed by atoms with Gasteiger partial charge in [0.05, 0.1) is 11.2 Å². The van der Waals surface area contributed by atoms with Crippen LogP contribution >= 0.6 is 0 Å². The van der Waals surface area contributed by atoms with Gasteiger partial charge in [-0.3, -0.25) is 0 Å². The zero-order chi connectivity index (χ0) is 15.1. The highest BCUT2D eigenvalue weighted by atomic mass is 32.2. The third-order valence-corrected chi connectivity index (χ3v) is 4.58. The maximum atomic E-state index is 12.1. The molecule has 0 radical (unpaired) electrons. The lowest BCUT2D eigenvalue weighted by Gasteiger charge is -2.07. The third kappa shape index (κ3) is 4.70. The minimum Gasteiger partial charge on any atom is -0.469 e. The average Bonchev–Trinajstić information content (AvgIpc) is 2.98. The van der Waals surface area contributed by atoms with E-state index in [-0.39, 0.29) is 11.5 Å². The van der Waals surface area contributed by atoms with Crippen LogP contribution in [0.15, 0.2) is 52.0 Å². The van der Waals surface area contributed by atoms with Crippen molar-refractivity contribution in [2.75, 3.05) is 13.2 Å². The largest absolute Gasteiger partial charge is 0.469 e. The van der Waals surface area contributed by atoms with Crippen LogP contribution in [0.25, 0.3) is 0 Å². The highest BCUT2D eigenvalue weighted by molar-refractivity contribution is 7.89. The van der Waals surface area contributed by atoms with E-state index in [9.17, 15) is 8.42 Å². The van der Waals surface area contributed by atoms with Gasteiger partial charge in [-0.15, -0.1) is 0 Å². The number of aliphatic hydroxyl groups excluding tert-OH is 1. The lowest BCUT2D eigenvalue weighted by molar-refractivity contribution is 0.288. The standard InChI is InChI=1S/C15H19NO4S/c17-11-1-3-13-5-7-15(8-6-13)21(18,19)16-10-9-14-4-2-12-20-14/h2,4-8,12,16-17H,1,3,9-11H2. The monoisotopic (exact) mass is 309 g/mol. The number of hydrogen-bond acceptors (Lipinski definition) is 4. The summed E-state index contributed by atoms with van der Waals surface area (Å²) in [5.74, 6) is 0.747. The molecule has 2 N–H and O–H groups in total. The zero-order valence-corrected chi connectivity index (χ0v) is 12.5. The molecule has 2 rings (SSSR count). The van der Waals surface area contributed by atoms with Crippen LogP contribution in [-0.2, 0) is 22.9 Å². The van der Waals surface area contributed by atoms with Gasteiger partial charge in [-0.1, -0.05) is 12.1 Å². The molecule has 2 aromatic rings. The minimum atomic E-state index is -3.49. The van der Waals surface area contributed by atoms with E-state index in [1.54, 1.807) is 36.6 Å². The van der Waals surface area contributed by atoms with Crippen molar-refractivity contribution in [1.82, 2.24) is 4.72 Å². The van der Waals surface area contributed by atoms with Crippen LogP contribution in [-0.4, -0.2) is 26.7 Å². The highest BCUT2D eigenvalue weighted by Crippen LogP contribution is 2.12. The van der Waals surface area contributed by atoms with Crippen LogP contribution in [0.3, 0.4) is 0 Å². The molecule has 0 unspecified atom stereocenters. The maximum absolute atomic E-state index is 12.1. The Morgan fingerprint density at radius 3 is 2.48 bits per heavy atom. The van der Waals surface area contributed by atoms with Crippen molar-refractivity contribution in [1.29, 1.82) is 0 Å². The molecule has 5 nitrogen and oxygen atoms in total. The number of aliphatic hydroxyl groups is 1. The number of rotatable bonds is 8. The van der Waals surface area contributed by atoms with Gasteiger partial charge in [0.1, 0.15) is 5.76 Å². The second-order valence-electron chi connectivity index (χ2n) is 4.70. The van der Waals surface area contributed by atoms with Gasteiger partial charge in [0.15, 0.2) is 0 Å². The number of furan rings is 1. The summed E-state index contributed by atoms with van der Waals surface area (Å²) in [6.07, 6.45) is 3.49. The quantitative estimate of drug-likeness (QED) is 0.778. The number of hydrogen-bond donors (Lipinski definition) is 2. The normalized spacial score (nSPS) is 11.7. The van der Waals surface area contributed by atoms with Gasteiger partial charge in [-0.05, 0) is 42.7 Å². The predicted octanol–water partition coefficient (Wildman–Crippen LogP) is 1.73. The first-order chi connectivity index (χ1) is 10.1. The molecule has 0 aliphatic heterocycles. The predicted molar refractivity (Wildman–Crippen MR) is 79.4 cm³/mol. The molecule has 0 fully saturated rings. The fourth-order valence-electron chi connectivity index (χ4n) is 1.97. The van der Waals surface area contributed by atoms with Crippen molar-refractivity contribution < 1.29 is 17.9 Å². The lowest BCUT2D eigenvalue weighted by Crippen LogP contribution is -2.25. The van der Waals surface area contributed by atoms with Crippen molar-refractivity contribution in [3.05, 3.63) is 54.0 Å². The first-order valence-electron chi connectivity index (χ1n) is 6.84. The second kappa shape index (κ2) is 7.40. The molecule has 1 heterocycles. The lowest BCUT2D eigenvalue weighted by atomic mass is 10.1. The Morgan fingerprint density at radius 2 is 1.86 bits per heavy atom. The van der Waals surface area contributed by atoms with E-state index >= 15 is 0 Å². The highest BCUT2D eigenvalue weighted by Gasteiger charge is 2.13. The van der Waals surface area contributed by atoms with E-state index in [2.05, 4.69) is 4.72 Å². The van der Waals surface area contributed by atoms with Gasteiger partial charge in [0.2, 0.25) is 10.0 Å². The van der Waals surface area contributed by atoms with E-state index in [1.807, 2.05) is 6.07 Å². The molecule has 21 heavy (non-hydrogen) atoms. The Balaban J connectivity index is 1.92. The van der Waals surface area contributed by atoms with Crippen LogP contribution < -0.4 is 4.72 Å². The fourth-order valence-corrected chi connectivity index (χ4v) is 3.00. The van der Waals surface area contributed by atoms with E-state index in [0.29, 0.717) is 19.4 Å². The maximum Gasteiger partial charge on any atom is 0.240 e. The number of sulfonamides is 1. The molecular formula is C15H19NO4S. The van der Waals surface area contributed by atoms with E-state index in [0.717, 1.165) is 17.7 Å². The van der Waals surface area contributed by atoms with Crippen LogP contribution in [0.5, 0.6) is 0 Å². The number of aryl methyl sites for hydroxylation is 1. The second-order valence-corrected chi connectivity index (χ2v) is 6.47. The molecule has 0 bridgehead atoms. The van der Waals surface area contributed by atoms with Crippen LogP contribution in [0.4, 0.5) is 0 Å². The van der Waals surface area contributed by atoms with Crippen LogP contribution in [0.2, 0.25) is 0 Å². The first kappa shape index (κ1) is 15.8. The summed E-state index contributed by atoms with van der Waals surface area (Å²) in [4.78, 5) is 0.245. The van der Waals surface area contributed by atoms with Gasteiger partial charge >= 0.3 is 0 Å². The summed E-state index contributed by atoms with van der Waals surface area (Å²) in [5.41, 5.74) is 1.01. The summed E-state index contributed by atoms with van der Waals surface area (Å²) in [5, 5.41) is 8.77. The Morgan fingerprint density at radius 1 is 1.10 bits per heavy atom. The summed E-state index contributed by atoms with van der Waals surface area (Å²) in [7, 11) is -3.49. The fraction of sp³-hybridized carbons (Fsp3) is 0.333. The Labute approximate surface area is 124 Å². The van der Waals surface area contributed by atoms with Gasteiger partial charge in [0.25, 0.3) is 0 Å². The molecule has 6 heteroatoms. The number of benzene rings is 1. The number of nitrogens with one attached hydrogen (secondary N) is 1. The van der Waals surface area contributed by atoms with Crippen molar-refractivity contribution in [2.24, 2.45) is 0 Å². The average molecular weight is 309 g/mol. The molecule has 0 saturated heterocycles. The molecule has 0 aliphatic rings. The minimum absolute atomic E-state index is 0.133. The Bertz CT molecular complexity index is 633. The molecule has 0 spiro atoms. The molecule has 1 aromatic carbocycles. The molecule has 0 atom stereocenters. The van der Waals surface area contributed by atoms with Crippen molar-refractivity contribution in [2.45, 2.75) is 24.2 Å². The van der Waals surface area contributed by atoms with E-state index in [4.69, 9.17) is 9.52 Å². The summed E-state index contributed by atoms with van der Waals surface area (Å²) in [6.45, 7) is 0.427. The Kier molecular flexibility index (Phi) is 5.55. The molecule has 1 aromatic heterocycles.